The van der Waals surface area contributed by atoms with Gasteiger partial charge in [0.15, 0.2) is 0 Å². The average Bonchev–Trinajstić information content (AvgIpc) is 2.65. The average molecular weight is 267 g/mol. The summed E-state index contributed by atoms with van der Waals surface area (Å²) in [5.41, 5.74) is 2.52. The van der Waals surface area contributed by atoms with Crippen molar-refractivity contribution in [2.45, 2.75) is 0 Å². The molecule has 1 aromatic rings. The molecule has 1 aliphatic heterocycles. The summed E-state index contributed by atoms with van der Waals surface area (Å²) in [6.07, 6.45) is 9.13. The second-order valence-electron chi connectivity index (χ2n) is 4.27. The highest BCUT2D eigenvalue weighted by Crippen LogP contribution is 2.26. The topological polar surface area (TPSA) is 38.3 Å². The van der Waals surface area contributed by atoms with Crippen molar-refractivity contribution in [3.63, 3.8) is 0 Å². The number of fused-ring (bicyclic) bond motifs is 1. The molecule has 0 spiro atoms. The predicted molar refractivity (Wildman–Crippen MR) is 81.8 cm³/mol. The standard InChI is InChI=1S/C17H17NO2/c1-3-5-7-13(6-4-2)14-8-9-15-16(12-14)20-11-10-18-17(15)19/h3-9,12H,1-2,10-11H2,(H,18,19)/b7-5-,13-6+. The first-order valence-corrected chi connectivity index (χ1v) is 6.43. The molecule has 0 saturated heterocycles. The molecule has 3 heteroatoms. The number of allylic oxidation sites excluding steroid dienone is 6. The number of ether oxygens (including phenoxy) is 1. The summed E-state index contributed by atoms with van der Waals surface area (Å²) in [7, 11) is 0. The number of carbonyl (C=O) groups excluding carboxylic acids is 1. The summed E-state index contributed by atoms with van der Waals surface area (Å²) in [6, 6.07) is 5.56. The van der Waals surface area contributed by atoms with Crippen molar-refractivity contribution in [2.75, 3.05) is 13.2 Å². The molecular formula is C17H17NO2. The van der Waals surface area contributed by atoms with Gasteiger partial charge in [-0.25, -0.2) is 0 Å². The first-order chi connectivity index (χ1) is 9.76. The molecule has 0 fully saturated rings. The highest BCUT2D eigenvalue weighted by atomic mass is 16.5. The van der Waals surface area contributed by atoms with Gasteiger partial charge in [-0.3, -0.25) is 4.79 Å². The second-order valence-corrected chi connectivity index (χ2v) is 4.27. The van der Waals surface area contributed by atoms with E-state index in [1.54, 1.807) is 18.2 Å². The van der Waals surface area contributed by atoms with Crippen molar-refractivity contribution in [3.05, 3.63) is 72.9 Å². The summed E-state index contributed by atoms with van der Waals surface area (Å²) in [5, 5.41) is 2.79. The smallest absolute Gasteiger partial charge is 0.255 e. The number of amides is 1. The molecule has 1 aromatic carbocycles. The lowest BCUT2D eigenvalue weighted by Crippen LogP contribution is -2.24. The Bertz CT molecular complexity index is 597. The van der Waals surface area contributed by atoms with Gasteiger partial charge in [0.25, 0.3) is 5.91 Å². The van der Waals surface area contributed by atoms with E-state index in [-0.39, 0.29) is 5.91 Å². The van der Waals surface area contributed by atoms with Gasteiger partial charge in [-0.05, 0) is 23.3 Å². The molecule has 0 atom stereocenters. The van der Waals surface area contributed by atoms with Crippen LogP contribution in [0.4, 0.5) is 0 Å². The van der Waals surface area contributed by atoms with Crippen LogP contribution in [-0.4, -0.2) is 19.1 Å². The normalized spacial score (nSPS) is 15.0. The molecule has 102 valence electrons. The van der Waals surface area contributed by atoms with E-state index < -0.39 is 0 Å². The monoisotopic (exact) mass is 267 g/mol. The Morgan fingerprint density at radius 2 is 2.15 bits per heavy atom. The van der Waals surface area contributed by atoms with E-state index in [0.29, 0.717) is 24.5 Å². The van der Waals surface area contributed by atoms with Gasteiger partial charge in [0.05, 0.1) is 12.1 Å². The third kappa shape index (κ3) is 3.06. The van der Waals surface area contributed by atoms with Crippen molar-refractivity contribution >= 4 is 11.5 Å². The van der Waals surface area contributed by atoms with Crippen LogP contribution in [-0.2, 0) is 0 Å². The lowest BCUT2D eigenvalue weighted by Gasteiger charge is -2.09. The Morgan fingerprint density at radius 3 is 2.90 bits per heavy atom. The first kappa shape index (κ1) is 13.9. The third-order valence-electron chi connectivity index (χ3n) is 2.91. The Kier molecular flexibility index (Phi) is 4.56. The van der Waals surface area contributed by atoms with Crippen molar-refractivity contribution in [3.8, 4) is 5.75 Å². The SMILES string of the molecule is C=C/C=C\C(=C/C=C)c1ccc2c(c1)OCCNC2=O. The molecule has 0 aliphatic carbocycles. The Hall–Kier alpha value is -2.55. The molecule has 1 amide bonds. The minimum atomic E-state index is -0.0973. The molecule has 0 radical (unpaired) electrons. The van der Waals surface area contributed by atoms with Crippen molar-refractivity contribution in [1.29, 1.82) is 0 Å². The van der Waals surface area contributed by atoms with E-state index in [4.69, 9.17) is 4.74 Å². The van der Waals surface area contributed by atoms with Crippen LogP contribution in [0.1, 0.15) is 15.9 Å². The van der Waals surface area contributed by atoms with Gasteiger partial charge in [-0.1, -0.05) is 49.6 Å². The summed E-state index contributed by atoms with van der Waals surface area (Å²) >= 11 is 0. The maximum absolute atomic E-state index is 11.8. The highest BCUT2D eigenvalue weighted by Gasteiger charge is 2.16. The van der Waals surface area contributed by atoms with E-state index in [1.165, 1.54) is 0 Å². The molecule has 0 bridgehead atoms. The third-order valence-corrected chi connectivity index (χ3v) is 2.91. The summed E-state index contributed by atoms with van der Waals surface area (Å²) in [5.74, 6) is 0.513. The Balaban J connectivity index is 2.43. The van der Waals surface area contributed by atoms with Gasteiger partial charge >= 0.3 is 0 Å². The zero-order valence-corrected chi connectivity index (χ0v) is 11.3. The molecule has 1 heterocycles. The van der Waals surface area contributed by atoms with Gasteiger partial charge in [0.2, 0.25) is 0 Å². The van der Waals surface area contributed by atoms with Crippen molar-refractivity contribution in [1.82, 2.24) is 5.32 Å². The molecule has 0 unspecified atom stereocenters. The molecule has 0 saturated carbocycles. The van der Waals surface area contributed by atoms with Crippen molar-refractivity contribution in [2.24, 2.45) is 0 Å². The molecule has 20 heavy (non-hydrogen) atoms. The zero-order chi connectivity index (χ0) is 14.4. The summed E-state index contributed by atoms with van der Waals surface area (Å²) < 4.78 is 5.61. The minimum absolute atomic E-state index is 0.0973. The van der Waals surface area contributed by atoms with E-state index in [9.17, 15) is 4.79 Å². The largest absolute Gasteiger partial charge is 0.491 e. The van der Waals surface area contributed by atoms with Gasteiger partial charge in [0.1, 0.15) is 12.4 Å². The van der Waals surface area contributed by atoms with Crippen LogP contribution in [0.3, 0.4) is 0 Å². The molecule has 1 aliphatic rings. The Labute approximate surface area is 119 Å². The van der Waals surface area contributed by atoms with E-state index in [1.807, 2.05) is 30.4 Å². The van der Waals surface area contributed by atoms with E-state index in [0.717, 1.165) is 11.1 Å². The number of hydrogen-bond donors (Lipinski definition) is 1. The molecule has 1 N–H and O–H groups in total. The number of carbonyl (C=O) groups is 1. The van der Waals surface area contributed by atoms with Gasteiger partial charge in [0, 0.05) is 0 Å². The maximum atomic E-state index is 11.8. The maximum Gasteiger partial charge on any atom is 0.255 e. The van der Waals surface area contributed by atoms with Crippen LogP contribution in [0.5, 0.6) is 5.75 Å². The predicted octanol–water partition coefficient (Wildman–Crippen LogP) is 3.12. The fraction of sp³-hybridized carbons (Fsp3) is 0.118. The van der Waals surface area contributed by atoms with Crippen molar-refractivity contribution < 1.29 is 9.53 Å². The van der Waals surface area contributed by atoms with Gasteiger partial charge < -0.3 is 10.1 Å². The van der Waals surface area contributed by atoms with Crippen LogP contribution in [0.25, 0.3) is 5.57 Å². The number of rotatable bonds is 4. The van der Waals surface area contributed by atoms with E-state index in [2.05, 4.69) is 18.5 Å². The van der Waals surface area contributed by atoms with Gasteiger partial charge in [-0.2, -0.15) is 0 Å². The number of benzene rings is 1. The lowest BCUT2D eigenvalue weighted by molar-refractivity contribution is 0.0957. The minimum Gasteiger partial charge on any atom is -0.491 e. The summed E-state index contributed by atoms with van der Waals surface area (Å²) in [4.78, 5) is 11.8. The van der Waals surface area contributed by atoms with Crippen LogP contribution < -0.4 is 10.1 Å². The second kappa shape index (κ2) is 6.57. The summed E-state index contributed by atoms with van der Waals surface area (Å²) in [6.45, 7) is 8.38. The van der Waals surface area contributed by atoms with Crippen LogP contribution in [0, 0.1) is 0 Å². The number of nitrogens with one attached hydrogen (secondary N) is 1. The quantitative estimate of drug-likeness (QED) is 0.851. The highest BCUT2D eigenvalue weighted by molar-refractivity contribution is 5.97. The molecular weight excluding hydrogens is 250 g/mol. The fourth-order valence-corrected chi connectivity index (χ4v) is 1.98. The van der Waals surface area contributed by atoms with Crippen LogP contribution in [0.2, 0.25) is 0 Å². The van der Waals surface area contributed by atoms with E-state index >= 15 is 0 Å². The fourth-order valence-electron chi connectivity index (χ4n) is 1.98. The van der Waals surface area contributed by atoms with Crippen LogP contribution in [0.15, 0.2) is 61.7 Å². The van der Waals surface area contributed by atoms with Crippen LogP contribution >= 0.6 is 0 Å². The molecule has 0 aromatic heterocycles. The van der Waals surface area contributed by atoms with Gasteiger partial charge in [-0.15, -0.1) is 0 Å². The molecule has 2 rings (SSSR count). The first-order valence-electron chi connectivity index (χ1n) is 6.43. The number of hydrogen-bond acceptors (Lipinski definition) is 2. The molecule has 3 nitrogen and oxygen atoms in total. The Morgan fingerprint density at radius 1 is 1.30 bits per heavy atom. The lowest BCUT2D eigenvalue weighted by atomic mass is 10.0. The zero-order valence-electron chi connectivity index (χ0n) is 11.3.